The van der Waals surface area contributed by atoms with Gasteiger partial charge in [-0.1, -0.05) is 30.3 Å². The van der Waals surface area contributed by atoms with Crippen LogP contribution in [0.4, 0.5) is 0 Å². The van der Waals surface area contributed by atoms with Crippen LogP contribution in [0.3, 0.4) is 0 Å². The van der Waals surface area contributed by atoms with Gasteiger partial charge in [-0.05, 0) is 24.2 Å². The lowest BCUT2D eigenvalue weighted by Gasteiger charge is -2.07. The second-order valence-electron chi connectivity index (χ2n) is 4.22. The Morgan fingerprint density at radius 3 is 2.68 bits per heavy atom. The summed E-state index contributed by atoms with van der Waals surface area (Å²) in [6, 6.07) is 10.3. The lowest BCUT2D eigenvalue weighted by atomic mass is 10.1. The van der Waals surface area contributed by atoms with Gasteiger partial charge in [-0.25, -0.2) is 9.97 Å². The summed E-state index contributed by atoms with van der Waals surface area (Å²) in [6.07, 6.45) is 6.12. The Hall–Kier alpha value is -2.14. The molecule has 0 spiro atoms. The summed E-state index contributed by atoms with van der Waals surface area (Å²) in [5, 5.41) is 0. The molecule has 1 aromatic carbocycles. The van der Waals surface area contributed by atoms with Crippen LogP contribution in [0.25, 0.3) is 11.2 Å². The van der Waals surface area contributed by atoms with E-state index in [1.165, 1.54) is 5.56 Å². The van der Waals surface area contributed by atoms with Gasteiger partial charge in [-0.3, -0.25) is 0 Å². The molecule has 0 aliphatic heterocycles. The summed E-state index contributed by atoms with van der Waals surface area (Å²) >= 11 is 5.28. The lowest BCUT2D eigenvalue weighted by molar-refractivity contribution is 0.671. The minimum atomic E-state index is 0.545. The number of hydrogen-bond donors (Lipinski definition) is 0. The summed E-state index contributed by atoms with van der Waals surface area (Å²) in [6.45, 7) is 0.794. The van der Waals surface area contributed by atoms with Gasteiger partial charge in [-0.2, -0.15) is 4.98 Å². The van der Waals surface area contributed by atoms with Crippen LogP contribution in [0, 0.1) is 4.77 Å². The first-order chi connectivity index (χ1) is 9.33. The van der Waals surface area contributed by atoms with Crippen molar-refractivity contribution < 1.29 is 0 Å². The van der Waals surface area contributed by atoms with E-state index in [2.05, 4.69) is 27.1 Å². The summed E-state index contributed by atoms with van der Waals surface area (Å²) in [4.78, 5) is 12.7. The average molecular weight is 268 g/mol. The number of hydrogen-bond acceptors (Lipinski definition) is 4. The van der Waals surface area contributed by atoms with E-state index in [0.29, 0.717) is 10.4 Å². The molecule has 0 aliphatic carbocycles. The third-order valence-corrected chi connectivity index (χ3v) is 3.24. The molecule has 5 heteroatoms. The van der Waals surface area contributed by atoms with Gasteiger partial charge >= 0.3 is 0 Å². The second kappa shape index (κ2) is 5.24. The first-order valence-electron chi connectivity index (χ1n) is 6.05. The minimum Gasteiger partial charge on any atom is -0.321 e. The molecule has 2 heterocycles. The van der Waals surface area contributed by atoms with Crippen molar-refractivity contribution in [1.82, 2.24) is 19.5 Å². The molecule has 0 radical (unpaired) electrons. The molecule has 0 N–H and O–H groups in total. The molecule has 0 fully saturated rings. The van der Waals surface area contributed by atoms with Crippen LogP contribution in [0.1, 0.15) is 5.56 Å². The van der Waals surface area contributed by atoms with Crippen molar-refractivity contribution in [2.24, 2.45) is 0 Å². The van der Waals surface area contributed by atoms with Crippen LogP contribution in [0.15, 0.2) is 48.9 Å². The SMILES string of the molecule is S=c1nc2nccnc2cn1CCc1ccccc1. The van der Waals surface area contributed by atoms with Crippen LogP contribution in [-0.2, 0) is 13.0 Å². The summed E-state index contributed by atoms with van der Waals surface area (Å²) in [5.74, 6) is 0. The number of aromatic nitrogens is 4. The third kappa shape index (κ3) is 2.66. The molecule has 3 rings (SSSR count). The van der Waals surface area contributed by atoms with E-state index in [9.17, 15) is 0 Å². The van der Waals surface area contributed by atoms with E-state index in [0.717, 1.165) is 18.5 Å². The van der Waals surface area contributed by atoms with Gasteiger partial charge in [0.2, 0.25) is 4.77 Å². The third-order valence-electron chi connectivity index (χ3n) is 2.92. The highest BCUT2D eigenvalue weighted by Gasteiger charge is 2.01. The average Bonchev–Trinajstić information content (AvgIpc) is 2.46. The van der Waals surface area contributed by atoms with Gasteiger partial charge < -0.3 is 4.57 Å². The predicted octanol–water partition coefficient (Wildman–Crippen LogP) is 2.80. The van der Waals surface area contributed by atoms with Crippen molar-refractivity contribution in [3.05, 3.63) is 59.3 Å². The molecule has 4 nitrogen and oxygen atoms in total. The van der Waals surface area contributed by atoms with Gasteiger partial charge in [0.1, 0.15) is 5.52 Å². The smallest absolute Gasteiger partial charge is 0.201 e. The fourth-order valence-corrected chi connectivity index (χ4v) is 2.16. The summed E-state index contributed by atoms with van der Waals surface area (Å²) in [5.41, 5.74) is 2.65. The van der Waals surface area contributed by atoms with Crippen LogP contribution >= 0.6 is 12.2 Å². The van der Waals surface area contributed by atoms with Crippen molar-refractivity contribution >= 4 is 23.4 Å². The van der Waals surface area contributed by atoms with Crippen LogP contribution in [0.5, 0.6) is 0 Å². The first kappa shape index (κ1) is 11.9. The van der Waals surface area contributed by atoms with Crippen molar-refractivity contribution in [3.63, 3.8) is 0 Å². The zero-order chi connectivity index (χ0) is 13.1. The normalized spacial score (nSPS) is 10.7. The zero-order valence-electron chi connectivity index (χ0n) is 10.2. The van der Waals surface area contributed by atoms with Crippen LogP contribution in [-0.4, -0.2) is 19.5 Å². The minimum absolute atomic E-state index is 0.545. The molecular formula is C14H12N4S. The molecule has 2 aromatic heterocycles. The number of benzene rings is 1. The molecule has 94 valence electrons. The fourth-order valence-electron chi connectivity index (χ4n) is 1.93. The number of rotatable bonds is 3. The first-order valence-corrected chi connectivity index (χ1v) is 6.46. The van der Waals surface area contributed by atoms with Gasteiger partial charge in [-0.15, -0.1) is 0 Å². The monoisotopic (exact) mass is 268 g/mol. The Labute approximate surface area is 115 Å². The number of nitrogens with zero attached hydrogens (tertiary/aromatic N) is 4. The van der Waals surface area contributed by atoms with Gasteiger partial charge in [0.15, 0.2) is 5.65 Å². The van der Waals surface area contributed by atoms with Crippen molar-refractivity contribution in [2.45, 2.75) is 13.0 Å². The van der Waals surface area contributed by atoms with Crippen LogP contribution < -0.4 is 0 Å². The standard InChI is InChI=1S/C14H12N4S/c19-14-17-13-12(15-7-8-16-13)10-18(14)9-6-11-4-2-1-3-5-11/h1-5,7-8,10H,6,9H2. The van der Waals surface area contributed by atoms with E-state index < -0.39 is 0 Å². The molecule has 0 bridgehead atoms. The predicted molar refractivity (Wildman–Crippen MR) is 76.3 cm³/mol. The van der Waals surface area contributed by atoms with E-state index >= 15 is 0 Å². The quantitative estimate of drug-likeness (QED) is 0.685. The van der Waals surface area contributed by atoms with Crippen molar-refractivity contribution in [3.8, 4) is 0 Å². The van der Waals surface area contributed by atoms with E-state index in [4.69, 9.17) is 12.2 Å². The number of fused-ring (bicyclic) bond motifs is 1. The molecule has 0 unspecified atom stereocenters. The molecule has 0 amide bonds. The van der Waals surface area contributed by atoms with Gasteiger partial charge in [0.25, 0.3) is 0 Å². The maximum atomic E-state index is 5.28. The van der Waals surface area contributed by atoms with Crippen molar-refractivity contribution in [1.29, 1.82) is 0 Å². The van der Waals surface area contributed by atoms with E-state index in [1.54, 1.807) is 12.4 Å². The Balaban J connectivity index is 1.89. The Morgan fingerprint density at radius 1 is 1.05 bits per heavy atom. The highest BCUT2D eigenvalue weighted by Crippen LogP contribution is 2.07. The van der Waals surface area contributed by atoms with Gasteiger partial charge in [0.05, 0.1) is 0 Å². The second-order valence-corrected chi connectivity index (χ2v) is 4.58. The molecule has 0 saturated carbocycles. The molecule has 19 heavy (non-hydrogen) atoms. The lowest BCUT2D eigenvalue weighted by Crippen LogP contribution is -2.06. The summed E-state index contributed by atoms with van der Waals surface area (Å²) < 4.78 is 2.49. The fraction of sp³-hybridized carbons (Fsp3) is 0.143. The number of aryl methyl sites for hydroxylation is 2. The molecule has 3 aromatic rings. The molecular weight excluding hydrogens is 256 g/mol. The Bertz CT molecular complexity index is 752. The molecule has 0 atom stereocenters. The summed E-state index contributed by atoms with van der Waals surface area (Å²) in [7, 11) is 0. The van der Waals surface area contributed by atoms with E-state index in [1.807, 2.05) is 29.0 Å². The van der Waals surface area contributed by atoms with Gasteiger partial charge in [0, 0.05) is 25.1 Å². The maximum absolute atomic E-state index is 5.28. The maximum Gasteiger partial charge on any atom is 0.201 e. The van der Waals surface area contributed by atoms with Crippen LogP contribution in [0.2, 0.25) is 0 Å². The topological polar surface area (TPSA) is 43.6 Å². The van der Waals surface area contributed by atoms with Crippen molar-refractivity contribution in [2.75, 3.05) is 0 Å². The van der Waals surface area contributed by atoms with E-state index in [-0.39, 0.29) is 0 Å². The highest BCUT2D eigenvalue weighted by atomic mass is 32.1. The largest absolute Gasteiger partial charge is 0.321 e. The highest BCUT2D eigenvalue weighted by molar-refractivity contribution is 7.71. The zero-order valence-corrected chi connectivity index (χ0v) is 11.0. The molecule has 0 saturated heterocycles. The Morgan fingerprint density at radius 2 is 1.84 bits per heavy atom. The molecule has 0 aliphatic rings. The Kier molecular flexibility index (Phi) is 3.29.